The normalized spacial score (nSPS) is 12.7. The first kappa shape index (κ1) is 7.61. The Kier molecular flexibility index (Phi) is 1.77. The minimum atomic E-state index is 0.188. The molecule has 0 radical (unpaired) electrons. The van der Waals surface area contributed by atoms with Crippen molar-refractivity contribution >= 4 is 22.6 Å². The summed E-state index contributed by atoms with van der Waals surface area (Å²) < 4.78 is 10.7. The van der Waals surface area contributed by atoms with Crippen LogP contribution < -0.4 is 9.47 Å². The molecule has 0 unspecified atom stereocenters. The molecule has 0 saturated carbocycles. The third-order valence-corrected chi connectivity index (χ3v) is 2.26. The molecule has 2 rings (SSSR count). The summed E-state index contributed by atoms with van der Waals surface area (Å²) in [6.07, 6.45) is 0. The smallest absolute Gasteiger partial charge is 0.261 e. The molecule has 2 heterocycles. The van der Waals surface area contributed by atoms with Gasteiger partial charge in [-0.1, -0.05) is 0 Å². The SMILES string of the molecule is N#Cc1cc2c(nc1I)OCO2. The fourth-order valence-electron chi connectivity index (χ4n) is 0.891. The van der Waals surface area contributed by atoms with E-state index in [1.807, 2.05) is 28.7 Å². The molecular formula is C7H3IN2O2. The first-order chi connectivity index (χ1) is 5.81. The van der Waals surface area contributed by atoms with Crippen LogP contribution >= 0.6 is 22.6 Å². The van der Waals surface area contributed by atoms with E-state index in [2.05, 4.69) is 4.98 Å². The van der Waals surface area contributed by atoms with Crippen LogP contribution in [0.4, 0.5) is 0 Å². The number of ether oxygens (including phenoxy) is 2. The van der Waals surface area contributed by atoms with Gasteiger partial charge in [0, 0.05) is 6.07 Å². The molecule has 1 aliphatic rings. The highest BCUT2D eigenvalue weighted by molar-refractivity contribution is 14.1. The zero-order chi connectivity index (χ0) is 8.55. The van der Waals surface area contributed by atoms with Crippen molar-refractivity contribution in [2.45, 2.75) is 0 Å². The Hall–Kier alpha value is -1.03. The second kappa shape index (κ2) is 2.79. The number of hydrogen-bond acceptors (Lipinski definition) is 4. The summed E-state index contributed by atoms with van der Waals surface area (Å²) in [4.78, 5) is 4.04. The maximum atomic E-state index is 8.66. The fraction of sp³-hybridized carbons (Fsp3) is 0.143. The molecule has 0 bridgehead atoms. The van der Waals surface area contributed by atoms with Gasteiger partial charge in [-0.3, -0.25) is 0 Å². The number of aromatic nitrogens is 1. The number of hydrogen-bond donors (Lipinski definition) is 0. The average Bonchev–Trinajstić information content (AvgIpc) is 2.49. The predicted molar refractivity (Wildman–Crippen MR) is 47.8 cm³/mol. The zero-order valence-corrected chi connectivity index (χ0v) is 8.03. The van der Waals surface area contributed by atoms with Gasteiger partial charge in [-0.05, 0) is 22.6 Å². The Morgan fingerprint density at radius 1 is 1.58 bits per heavy atom. The highest BCUT2D eigenvalue weighted by Crippen LogP contribution is 2.31. The van der Waals surface area contributed by atoms with Crippen LogP contribution in [0.2, 0.25) is 0 Å². The Morgan fingerprint density at radius 3 is 3.17 bits per heavy atom. The van der Waals surface area contributed by atoms with E-state index in [9.17, 15) is 0 Å². The second-order valence-corrected chi connectivity index (χ2v) is 3.17. The number of rotatable bonds is 0. The van der Waals surface area contributed by atoms with E-state index in [0.29, 0.717) is 20.9 Å². The van der Waals surface area contributed by atoms with Crippen molar-refractivity contribution in [3.05, 3.63) is 15.3 Å². The lowest BCUT2D eigenvalue weighted by atomic mass is 10.3. The highest BCUT2D eigenvalue weighted by atomic mass is 127. The maximum Gasteiger partial charge on any atom is 0.261 e. The maximum absolute atomic E-state index is 8.66. The van der Waals surface area contributed by atoms with Crippen LogP contribution in [-0.2, 0) is 0 Å². The Morgan fingerprint density at radius 2 is 2.42 bits per heavy atom. The van der Waals surface area contributed by atoms with Crippen LogP contribution in [0, 0.1) is 15.0 Å². The van der Waals surface area contributed by atoms with Gasteiger partial charge in [0.15, 0.2) is 5.75 Å². The van der Waals surface area contributed by atoms with Crippen LogP contribution in [0.1, 0.15) is 5.56 Å². The number of nitriles is 1. The van der Waals surface area contributed by atoms with Gasteiger partial charge in [0.2, 0.25) is 6.79 Å². The molecule has 12 heavy (non-hydrogen) atoms. The molecule has 5 heteroatoms. The van der Waals surface area contributed by atoms with E-state index in [0.717, 1.165) is 0 Å². The molecule has 0 aliphatic carbocycles. The van der Waals surface area contributed by atoms with Gasteiger partial charge < -0.3 is 9.47 Å². The topological polar surface area (TPSA) is 55.1 Å². The van der Waals surface area contributed by atoms with Crippen molar-refractivity contribution in [2.75, 3.05) is 6.79 Å². The second-order valence-electron chi connectivity index (χ2n) is 2.15. The van der Waals surface area contributed by atoms with Crippen molar-refractivity contribution in [1.29, 1.82) is 5.26 Å². The number of pyridine rings is 1. The summed E-state index contributed by atoms with van der Waals surface area (Å²) >= 11 is 1.98. The van der Waals surface area contributed by atoms with Crippen molar-refractivity contribution < 1.29 is 9.47 Å². The quantitative estimate of drug-likeness (QED) is 0.528. The lowest BCUT2D eigenvalue weighted by Gasteiger charge is -1.96. The third kappa shape index (κ3) is 1.08. The average molecular weight is 274 g/mol. The minimum absolute atomic E-state index is 0.188. The summed E-state index contributed by atoms with van der Waals surface area (Å²) in [6.45, 7) is 0.188. The molecule has 60 valence electrons. The van der Waals surface area contributed by atoms with Crippen molar-refractivity contribution in [2.24, 2.45) is 0 Å². The van der Waals surface area contributed by atoms with Crippen LogP contribution in [-0.4, -0.2) is 11.8 Å². The summed E-state index contributed by atoms with van der Waals surface area (Å²) in [5, 5.41) is 8.66. The van der Waals surface area contributed by atoms with E-state index >= 15 is 0 Å². The number of halogens is 1. The minimum Gasteiger partial charge on any atom is -0.452 e. The van der Waals surface area contributed by atoms with Crippen LogP contribution in [0.5, 0.6) is 11.6 Å². The zero-order valence-electron chi connectivity index (χ0n) is 5.87. The summed E-state index contributed by atoms with van der Waals surface area (Å²) in [7, 11) is 0. The molecule has 0 fully saturated rings. The van der Waals surface area contributed by atoms with Gasteiger partial charge in [0.25, 0.3) is 5.88 Å². The first-order valence-electron chi connectivity index (χ1n) is 3.17. The molecule has 1 aliphatic heterocycles. The van der Waals surface area contributed by atoms with E-state index in [1.54, 1.807) is 6.07 Å². The molecule has 0 amide bonds. The van der Waals surface area contributed by atoms with Gasteiger partial charge in [-0.15, -0.1) is 0 Å². The number of nitrogens with zero attached hydrogens (tertiary/aromatic N) is 2. The van der Waals surface area contributed by atoms with Crippen molar-refractivity contribution in [3.8, 4) is 17.7 Å². The van der Waals surface area contributed by atoms with Crippen LogP contribution in [0.25, 0.3) is 0 Å². The monoisotopic (exact) mass is 274 g/mol. The molecule has 0 N–H and O–H groups in total. The molecule has 4 nitrogen and oxygen atoms in total. The molecule has 1 aromatic heterocycles. The molecule has 0 aromatic carbocycles. The third-order valence-electron chi connectivity index (χ3n) is 1.44. The van der Waals surface area contributed by atoms with Gasteiger partial charge >= 0.3 is 0 Å². The Labute approximate surface area is 82.3 Å². The van der Waals surface area contributed by atoms with Gasteiger partial charge in [0.05, 0.1) is 5.56 Å². The summed E-state index contributed by atoms with van der Waals surface area (Å²) in [5.41, 5.74) is 0.514. The van der Waals surface area contributed by atoms with Gasteiger partial charge in [0.1, 0.15) is 9.77 Å². The standard InChI is InChI=1S/C7H3IN2O2/c8-6-4(2-9)1-5-7(10-6)12-3-11-5/h1H,3H2. The van der Waals surface area contributed by atoms with Crippen molar-refractivity contribution in [1.82, 2.24) is 4.98 Å². The first-order valence-corrected chi connectivity index (χ1v) is 4.25. The molecular weight excluding hydrogens is 271 g/mol. The Balaban J connectivity index is 2.59. The van der Waals surface area contributed by atoms with E-state index in [4.69, 9.17) is 14.7 Å². The van der Waals surface area contributed by atoms with E-state index < -0.39 is 0 Å². The van der Waals surface area contributed by atoms with Crippen LogP contribution in [0.15, 0.2) is 6.07 Å². The van der Waals surface area contributed by atoms with E-state index in [1.165, 1.54) is 0 Å². The summed E-state index contributed by atoms with van der Waals surface area (Å²) in [6, 6.07) is 3.66. The van der Waals surface area contributed by atoms with Crippen molar-refractivity contribution in [3.63, 3.8) is 0 Å². The predicted octanol–water partition coefficient (Wildman–Crippen LogP) is 1.29. The molecule has 0 atom stereocenters. The Bertz CT molecular complexity index is 372. The largest absolute Gasteiger partial charge is 0.452 e. The van der Waals surface area contributed by atoms with E-state index in [-0.39, 0.29) is 6.79 Å². The molecule has 0 saturated heterocycles. The van der Waals surface area contributed by atoms with Gasteiger partial charge in [-0.2, -0.15) is 5.26 Å². The molecule has 0 spiro atoms. The fourth-order valence-corrected chi connectivity index (χ4v) is 1.39. The molecule has 1 aromatic rings. The highest BCUT2D eigenvalue weighted by Gasteiger charge is 2.17. The lowest BCUT2D eigenvalue weighted by molar-refractivity contribution is 0.171. The number of fused-ring (bicyclic) bond motifs is 1. The van der Waals surface area contributed by atoms with Crippen LogP contribution in [0.3, 0.4) is 0 Å². The lowest BCUT2D eigenvalue weighted by Crippen LogP contribution is -1.93. The summed E-state index contributed by atoms with van der Waals surface area (Å²) in [5.74, 6) is 1.02. The van der Waals surface area contributed by atoms with Gasteiger partial charge in [-0.25, -0.2) is 4.98 Å².